The van der Waals surface area contributed by atoms with Gasteiger partial charge in [-0.2, -0.15) is 0 Å². The number of ether oxygens (including phenoxy) is 1. The van der Waals surface area contributed by atoms with E-state index in [9.17, 15) is 9.59 Å². The van der Waals surface area contributed by atoms with Crippen LogP contribution in [0.4, 0.5) is 0 Å². The monoisotopic (exact) mass is 472 g/mol. The maximum absolute atomic E-state index is 13.1. The zero-order valence-electron chi connectivity index (χ0n) is 17.6. The first kappa shape index (κ1) is 22.3. The number of carbonyl (C=O) groups excluding carboxylic acids is 2. The van der Waals surface area contributed by atoms with Gasteiger partial charge >= 0.3 is 0 Å². The third kappa shape index (κ3) is 6.08. The Balaban J connectivity index is 1.69. The Labute approximate surface area is 186 Å². The lowest BCUT2D eigenvalue weighted by Crippen LogP contribution is -2.50. The summed E-state index contributed by atoms with van der Waals surface area (Å²) in [7, 11) is 0. The molecular weight excluding hydrogens is 444 g/mol. The summed E-state index contributed by atoms with van der Waals surface area (Å²) in [6, 6.07) is 15.0. The van der Waals surface area contributed by atoms with Crippen molar-refractivity contribution in [3.8, 4) is 5.75 Å². The van der Waals surface area contributed by atoms with Gasteiger partial charge in [-0.05, 0) is 56.0 Å². The largest absolute Gasteiger partial charge is 0.484 e. The van der Waals surface area contributed by atoms with Gasteiger partial charge in [-0.3, -0.25) is 9.59 Å². The highest BCUT2D eigenvalue weighted by Gasteiger charge is 2.28. The van der Waals surface area contributed by atoms with Crippen LogP contribution < -0.4 is 10.1 Å². The maximum atomic E-state index is 13.1. The molecule has 1 atom stereocenters. The average Bonchev–Trinajstić information content (AvgIpc) is 3.26. The SMILES string of the molecule is Cc1cc(OCC(=O)N(Cc2ccccc2)[C@@H](C)C(=O)NC2CCCC2)ccc1Br. The molecule has 0 bridgehead atoms. The zero-order valence-corrected chi connectivity index (χ0v) is 19.2. The Bertz CT molecular complexity index is 866. The quantitative estimate of drug-likeness (QED) is 0.609. The molecular formula is C24H29BrN2O3. The fraction of sp³-hybridized carbons (Fsp3) is 0.417. The van der Waals surface area contributed by atoms with Crippen LogP contribution in [0.5, 0.6) is 5.75 Å². The van der Waals surface area contributed by atoms with Crippen molar-refractivity contribution in [3.63, 3.8) is 0 Å². The summed E-state index contributed by atoms with van der Waals surface area (Å²) >= 11 is 3.47. The molecule has 0 aliphatic heterocycles. The topological polar surface area (TPSA) is 58.6 Å². The van der Waals surface area contributed by atoms with Gasteiger partial charge in [0, 0.05) is 17.1 Å². The number of benzene rings is 2. The van der Waals surface area contributed by atoms with E-state index in [1.54, 1.807) is 11.8 Å². The highest BCUT2D eigenvalue weighted by Crippen LogP contribution is 2.22. The number of hydrogen-bond donors (Lipinski definition) is 1. The molecule has 1 aliphatic rings. The first-order valence-electron chi connectivity index (χ1n) is 10.5. The second-order valence-corrected chi connectivity index (χ2v) is 8.73. The lowest BCUT2D eigenvalue weighted by molar-refractivity contribution is -0.142. The molecule has 1 N–H and O–H groups in total. The van der Waals surface area contributed by atoms with Gasteiger partial charge in [0.05, 0.1) is 0 Å². The van der Waals surface area contributed by atoms with Gasteiger partial charge in [0.2, 0.25) is 5.91 Å². The normalized spacial score (nSPS) is 14.9. The third-order valence-corrected chi connectivity index (χ3v) is 6.45. The molecule has 2 aromatic rings. The summed E-state index contributed by atoms with van der Waals surface area (Å²) in [5, 5.41) is 3.11. The highest BCUT2D eigenvalue weighted by atomic mass is 79.9. The zero-order chi connectivity index (χ0) is 21.5. The molecule has 0 heterocycles. The molecule has 30 heavy (non-hydrogen) atoms. The predicted octanol–water partition coefficient (Wildman–Crippen LogP) is 4.61. The lowest BCUT2D eigenvalue weighted by atomic mass is 10.1. The van der Waals surface area contributed by atoms with Crippen molar-refractivity contribution in [1.29, 1.82) is 0 Å². The minimum absolute atomic E-state index is 0.106. The molecule has 2 aromatic carbocycles. The second kappa shape index (κ2) is 10.6. The van der Waals surface area contributed by atoms with Gasteiger partial charge in [-0.25, -0.2) is 0 Å². The molecule has 0 aromatic heterocycles. The summed E-state index contributed by atoms with van der Waals surface area (Å²) < 4.78 is 6.73. The van der Waals surface area contributed by atoms with Crippen molar-refractivity contribution >= 4 is 27.7 Å². The van der Waals surface area contributed by atoms with Crippen LogP contribution >= 0.6 is 15.9 Å². The number of rotatable bonds is 8. The third-order valence-electron chi connectivity index (χ3n) is 5.56. The first-order valence-corrected chi connectivity index (χ1v) is 11.3. The number of nitrogens with one attached hydrogen (secondary N) is 1. The summed E-state index contributed by atoms with van der Waals surface area (Å²) in [5.41, 5.74) is 2.01. The van der Waals surface area contributed by atoms with Gasteiger partial charge < -0.3 is 15.0 Å². The average molecular weight is 473 g/mol. The van der Waals surface area contributed by atoms with Crippen LogP contribution in [0.3, 0.4) is 0 Å². The Morgan fingerprint density at radius 2 is 1.87 bits per heavy atom. The van der Waals surface area contributed by atoms with Crippen LogP contribution in [-0.2, 0) is 16.1 Å². The molecule has 0 saturated heterocycles. The molecule has 2 amide bonds. The standard InChI is InChI=1S/C24H29BrN2O3/c1-17-14-21(12-13-22(17)25)30-16-23(28)27(15-19-8-4-3-5-9-19)18(2)24(29)26-20-10-6-7-11-20/h3-5,8-9,12-14,18,20H,6-7,10-11,15-16H2,1-2H3,(H,26,29)/t18-/m0/s1. The van der Waals surface area contributed by atoms with Crippen molar-refractivity contribution < 1.29 is 14.3 Å². The van der Waals surface area contributed by atoms with E-state index in [1.165, 1.54) is 0 Å². The molecule has 6 heteroatoms. The van der Waals surface area contributed by atoms with E-state index in [2.05, 4.69) is 21.2 Å². The molecule has 0 unspecified atom stereocenters. The minimum atomic E-state index is -0.575. The van der Waals surface area contributed by atoms with Gasteiger partial charge in [-0.15, -0.1) is 0 Å². The van der Waals surface area contributed by atoms with Gasteiger partial charge in [0.25, 0.3) is 5.91 Å². The summed E-state index contributed by atoms with van der Waals surface area (Å²) in [5.74, 6) is 0.311. The van der Waals surface area contributed by atoms with Crippen molar-refractivity contribution in [2.24, 2.45) is 0 Å². The number of amides is 2. The second-order valence-electron chi connectivity index (χ2n) is 7.87. The van der Waals surface area contributed by atoms with Crippen LogP contribution in [0, 0.1) is 6.92 Å². The Morgan fingerprint density at radius 1 is 1.17 bits per heavy atom. The van der Waals surface area contributed by atoms with Crippen LogP contribution in [0.15, 0.2) is 53.0 Å². The molecule has 160 valence electrons. The number of aryl methyl sites for hydroxylation is 1. The fourth-order valence-electron chi connectivity index (χ4n) is 3.69. The molecule has 1 aliphatic carbocycles. The smallest absolute Gasteiger partial charge is 0.261 e. The van der Waals surface area contributed by atoms with E-state index in [-0.39, 0.29) is 24.5 Å². The fourth-order valence-corrected chi connectivity index (χ4v) is 3.94. The van der Waals surface area contributed by atoms with Gasteiger partial charge in [0.15, 0.2) is 6.61 Å². The predicted molar refractivity (Wildman–Crippen MR) is 121 cm³/mol. The van der Waals surface area contributed by atoms with E-state index >= 15 is 0 Å². The molecule has 0 radical (unpaired) electrons. The van der Waals surface area contributed by atoms with Crippen LogP contribution in [0.1, 0.15) is 43.7 Å². The van der Waals surface area contributed by atoms with Crippen LogP contribution in [0.2, 0.25) is 0 Å². The number of hydrogen-bond acceptors (Lipinski definition) is 3. The molecule has 3 rings (SSSR count). The number of nitrogens with zero attached hydrogens (tertiary/aromatic N) is 1. The van der Waals surface area contributed by atoms with Gasteiger partial charge in [-0.1, -0.05) is 59.1 Å². The number of carbonyl (C=O) groups is 2. The Morgan fingerprint density at radius 3 is 2.53 bits per heavy atom. The maximum Gasteiger partial charge on any atom is 0.261 e. The van der Waals surface area contributed by atoms with E-state index < -0.39 is 6.04 Å². The lowest BCUT2D eigenvalue weighted by Gasteiger charge is -2.29. The molecule has 1 saturated carbocycles. The molecule has 1 fully saturated rings. The van der Waals surface area contributed by atoms with E-state index in [4.69, 9.17) is 4.74 Å². The minimum Gasteiger partial charge on any atom is -0.484 e. The molecule has 0 spiro atoms. The Hall–Kier alpha value is -2.34. The number of halogens is 1. The van der Waals surface area contributed by atoms with E-state index in [1.807, 2.05) is 55.5 Å². The van der Waals surface area contributed by atoms with Crippen molar-refractivity contribution in [2.45, 2.75) is 58.2 Å². The summed E-state index contributed by atoms with van der Waals surface area (Å²) in [6.07, 6.45) is 4.31. The van der Waals surface area contributed by atoms with Crippen LogP contribution in [-0.4, -0.2) is 35.4 Å². The van der Waals surface area contributed by atoms with Crippen molar-refractivity contribution in [1.82, 2.24) is 10.2 Å². The van der Waals surface area contributed by atoms with E-state index in [0.29, 0.717) is 12.3 Å². The first-order chi connectivity index (χ1) is 14.4. The van der Waals surface area contributed by atoms with Crippen LogP contribution in [0.25, 0.3) is 0 Å². The Kier molecular flexibility index (Phi) is 7.91. The molecule has 5 nitrogen and oxygen atoms in total. The van der Waals surface area contributed by atoms with E-state index in [0.717, 1.165) is 41.3 Å². The summed E-state index contributed by atoms with van der Waals surface area (Å²) in [6.45, 7) is 4.00. The van der Waals surface area contributed by atoms with Crippen molar-refractivity contribution in [3.05, 3.63) is 64.1 Å². The summed E-state index contributed by atoms with van der Waals surface area (Å²) in [4.78, 5) is 27.5. The van der Waals surface area contributed by atoms with Crippen molar-refractivity contribution in [2.75, 3.05) is 6.61 Å². The highest BCUT2D eigenvalue weighted by molar-refractivity contribution is 9.10. The van der Waals surface area contributed by atoms with Gasteiger partial charge in [0.1, 0.15) is 11.8 Å².